The van der Waals surface area contributed by atoms with Crippen LogP contribution in [0.25, 0.3) is 5.69 Å². The molecule has 33 heavy (non-hydrogen) atoms. The molecule has 9 nitrogen and oxygen atoms in total. The first-order valence-corrected chi connectivity index (χ1v) is 10.9. The maximum Gasteiger partial charge on any atom is 0.421 e. The lowest BCUT2D eigenvalue weighted by Gasteiger charge is -2.29. The van der Waals surface area contributed by atoms with E-state index < -0.39 is 55.2 Å². The van der Waals surface area contributed by atoms with Crippen molar-refractivity contribution in [3.63, 3.8) is 0 Å². The van der Waals surface area contributed by atoms with Gasteiger partial charge in [-0.15, -0.1) is 0 Å². The molecule has 1 amide bonds. The molecule has 1 aromatic heterocycles. The van der Waals surface area contributed by atoms with Crippen LogP contribution < -0.4 is 21.3 Å². The monoisotopic (exact) mass is 500 g/mol. The van der Waals surface area contributed by atoms with Crippen LogP contribution in [0.2, 0.25) is 5.02 Å². The molecule has 2 heterocycles. The van der Waals surface area contributed by atoms with Gasteiger partial charge in [0.1, 0.15) is 5.82 Å². The second kappa shape index (κ2) is 7.57. The van der Waals surface area contributed by atoms with Crippen molar-refractivity contribution in [1.29, 1.82) is 0 Å². The van der Waals surface area contributed by atoms with E-state index in [9.17, 15) is 36.0 Å². The second-order valence-corrected chi connectivity index (χ2v) is 9.03. The van der Waals surface area contributed by atoms with Crippen molar-refractivity contribution in [3.05, 3.63) is 86.0 Å². The van der Waals surface area contributed by atoms with E-state index in [2.05, 4.69) is 0 Å². The van der Waals surface area contributed by atoms with Crippen LogP contribution in [-0.4, -0.2) is 30.1 Å². The van der Waals surface area contributed by atoms with Crippen molar-refractivity contribution in [2.45, 2.75) is 16.6 Å². The highest BCUT2D eigenvalue weighted by molar-refractivity contribution is 7.89. The van der Waals surface area contributed by atoms with Crippen LogP contribution in [0.5, 0.6) is 0 Å². The van der Waals surface area contributed by atoms with Crippen LogP contribution in [0.4, 0.5) is 19.0 Å². The van der Waals surface area contributed by atoms with Crippen molar-refractivity contribution in [2.75, 3.05) is 5.32 Å². The molecule has 0 bridgehead atoms. The number of amides is 1. The Morgan fingerprint density at radius 1 is 0.970 bits per heavy atom. The van der Waals surface area contributed by atoms with E-state index in [-0.39, 0.29) is 10.7 Å². The van der Waals surface area contributed by atoms with E-state index in [4.69, 9.17) is 11.6 Å². The number of halogens is 4. The minimum atomic E-state index is -5.62. The molecule has 0 aliphatic carbocycles. The third kappa shape index (κ3) is 3.53. The van der Waals surface area contributed by atoms with Crippen LogP contribution in [0.3, 0.4) is 0 Å². The summed E-state index contributed by atoms with van der Waals surface area (Å²) < 4.78 is 70.9. The molecule has 1 aliphatic rings. The molecule has 1 aliphatic heterocycles. The number of hydrogen-bond acceptors (Lipinski definition) is 5. The molecule has 172 valence electrons. The summed E-state index contributed by atoms with van der Waals surface area (Å²) in [6, 6.07) is 11.3. The Labute approximate surface area is 187 Å². The molecular weight excluding hydrogens is 489 g/mol. The fourth-order valence-corrected chi connectivity index (χ4v) is 4.89. The molecule has 14 heteroatoms. The molecule has 3 N–H and O–H groups in total. The van der Waals surface area contributed by atoms with Gasteiger partial charge in [0.25, 0.3) is 11.5 Å². The Bertz CT molecular complexity index is 1490. The van der Waals surface area contributed by atoms with Gasteiger partial charge in [-0.05, 0) is 36.4 Å². The van der Waals surface area contributed by atoms with Gasteiger partial charge in [-0.1, -0.05) is 29.8 Å². The molecule has 0 saturated carbocycles. The normalized spacial score (nSPS) is 18.1. The lowest BCUT2D eigenvalue weighted by molar-refractivity contribution is -0.194. The predicted molar refractivity (Wildman–Crippen MR) is 111 cm³/mol. The van der Waals surface area contributed by atoms with E-state index in [1.165, 1.54) is 29.0 Å². The first-order valence-electron chi connectivity index (χ1n) is 9.01. The summed E-state index contributed by atoms with van der Waals surface area (Å²) in [4.78, 5) is 38.9. The van der Waals surface area contributed by atoms with Gasteiger partial charge in [0.05, 0.1) is 16.1 Å². The minimum absolute atomic E-state index is 0.0221. The zero-order chi connectivity index (χ0) is 24.2. The maximum atomic E-state index is 14.4. The number of para-hydroxylation sites is 1. The lowest BCUT2D eigenvalue weighted by atomic mass is 9.93. The summed E-state index contributed by atoms with van der Waals surface area (Å²) in [6.07, 6.45) is -5.62. The molecule has 2 aromatic carbocycles. The first-order chi connectivity index (χ1) is 15.4. The van der Waals surface area contributed by atoms with E-state index >= 15 is 0 Å². The van der Waals surface area contributed by atoms with Crippen molar-refractivity contribution < 1.29 is 26.4 Å². The maximum absolute atomic E-state index is 14.4. The molecule has 4 rings (SSSR count). The van der Waals surface area contributed by atoms with Crippen LogP contribution in [0.15, 0.2) is 69.1 Å². The number of H-pyrrole nitrogens is 1. The van der Waals surface area contributed by atoms with E-state index in [0.717, 1.165) is 24.3 Å². The average Bonchev–Trinajstić information content (AvgIpc) is 3.01. The van der Waals surface area contributed by atoms with Gasteiger partial charge < -0.3 is 5.32 Å². The van der Waals surface area contributed by atoms with Gasteiger partial charge in [0.2, 0.25) is 15.6 Å². The van der Waals surface area contributed by atoms with Crippen LogP contribution >= 0.6 is 11.6 Å². The van der Waals surface area contributed by atoms with Gasteiger partial charge in [0, 0.05) is 5.02 Å². The number of rotatable bonds is 4. The third-order valence-corrected chi connectivity index (χ3v) is 6.63. The minimum Gasteiger partial charge on any atom is -0.309 e. The van der Waals surface area contributed by atoms with Gasteiger partial charge in [0.15, 0.2) is 0 Å². The van der Waals surface area contributed by atoms with Crippen molar-refractivity contribution >= 4 is 33.3 Å². The van der Waals surface area contributed by atoms with Crippen LogP contribution in [0, 0.1) is 0 Å². The van der Waals surface area contributed by atoms with Crippen molar-refractivity contribution in [2.24, 2.45) is 0 Å². The molecule has 0 saturated heterocycles. The Morgan fingerprint density at radius 2 is 1.58 bits per heavy atom. The summed E-state index contributed by atoms with van der Waals surface area (Å²) in [7, 11) is -5.01. The van der Waals surface area contributed by atoms with Gasteiger partial charge in [-0.3, -0.25) is 14.6 Å². The Morgan fingerprint density at radius 3 is 2.15 bits per heavy atom. The van der Waals surface area contributed by atoms with Crippen molar-refractivity contribution in [1.82, 2.24) is 14.3 Å². The number of carbonyl (C=O) groups excluding carboxylic acids is 1. The number of benzene rings is 2. The number of nitrogens with one attached hydrogen (secondary N) is 3. The Kier molecular flexibility index (Phi) is 5.22. The largest absolute Gasteiger partial charge is 0.421 e. The highest BCUT2D eigenvalue weighted by Gasteiger charge is 2.69. The van der Waals surface area contributed by atoms with Gasteiger partial charge >= 0.3 is 11.9 Å². The SMILES string of the molecule is O=C1Nc2c(c(=O)[nH]c(=O)n2-c2ccccc2)[C@]1(NS(=O)(=O)c1ccc(Cl)cc1)C(F)(F)F. The zero-order valence-electron chi connectivity index (χ0n) is 16.1. The summed E-state index contributed by atoms with van der Waals surface area (Å²) in [5.41, 5.74) is -8.03. The zero-order valence-corrected chi connectivity index (χ0v) is 17.7. The van der Waals surface area contributed by atoms with Gasteiger partial charge in [-0.25, -0.2) is 17.8 Å². The third-order valence-electron chi connectivity index (χ3n) is 4.91. The van der Waals surface area contributed by atoms with Crippen LogP contribution in [0.1, 0.15) is 5.56 Å². The molecule has 1 atom stereocenters. The Balaban J connectivity index is 2.02. The smallest absolute Gasteiger partial charge is 0.309 e. The number of aromatic nitrogens is 2. The van der Waals surface area contributed by atoms with E-state index in [1.807, 2.05) is 5.32 Å². The van der Waals surface area contributed by atoms with Crippen LogP contribution in [-0.2, 0) is 20.4 Å². The number of carbonyl (C=O) groups is 1. The van der Waals surface area contributed by atoms with E-state index in [1.54, 1.807) is 11.1 Å². The number of anilines is 1. The number of hydrogen-bond donors (Lipinski definition) is 3. The summed E-state index contributed by atoms with van der Waals surface area (Å²) in [5, 5.41) is 1.98. The van der Waals surface area contributed by atoms with E-state index in [0.29, 0.717) is 4.57 Å². The highest BCUT2D eigenvalue weighted by atomic mass is 35.5. The highest BCUT2D eigenvalue weighted by Crippen LogP contribution is 2.46. The standard InChI is InChI=1S/C19H12ClF3N4O5S/c20-10-6-8-12(9-7-10)33(31,32)26-18(19(21,22)23)13-14(24-16(18)29)27(17(30)25-15(13)28)11-4-2-1-3-5-11/h1-9,26H,(H,24,29)(H,25,28,30)/t18-/m1/s1. The topological polar surface area (TPSA) is 130 Å². The second-order valence-electron chi connectivity index (χ2n) is 6.92. The molecule has 0 spiro atoms. The molecule has 0 unspecified atom stereocenters. The van der Waals surface area contributed by atoms with Gasteiger partial charge in [-0.2, -0.15) is 17.9 Å². The summed E-state index contributed by atoms with van der Waals surface area (Å²) >= 11 is 5.70. The lowest BCUT2D eigenvalue weighted by Crippen LogP contribution is -2.61. The summed E-state index contributed by atoms with van der Waals surface area (Å²) in [6.45, 7) is 0. The fraction of sp³-hybridized carbons (Fsp3) is 0.105. The predicted octanol–water partition coefficient (Wildman–Crippen LogP) is 1.87. The number of alkyl halides is 3. The fourth-order valence-electron chi connectivity index (χ4n) is 3.44. The first kappa shape index (κ1) is 22.8. The number of nitrogens with zero attached hydrogens (tertiary/aromatic N) is 1. The Hall–Kier alpha value is -3.42. The molecular formula is C19H12ClF3N4O5S. The summed E-state index contributed by atoms with van der Waals surface area (Å²) in [5.74, 6) is -2.71. The molecule has 0 radical (unpaired) electrons. The quantitative estimate of drug-likeness (QED) is 0.503. The molecule has 0 fully saturated rings. The number of fused-ring (bicyclic) bond motifs is 1. The average molecular weight is 501 g/mol. The number of aromatic amines is 1. The van der Waals surface area contributed by atoms with Crippen molar-refractivity contribution in [3.8, 4) is 5.69 Å². The molecule has 3 aromatic rings. The number of sulfonamides is 1.